The van der Waals surface area contributed by atoms with Crippen molar-refractivity contribution in [2.24, 2.45) is 0 Å². The minimum absolute atomic E-state index is 0.717. The van der Waals surface area contributed by atoms with Crippen molar-refractivity contribution in [3.05, 3.63) is 35.4 Å². The maximum Gasteiger partial charge on any atom is 0.319 e. The fraction of sp³-hybridized carbons (Fsp3) is 0.417. The Hall–Kier alpha value is -0.960. The highest BCUT2D eigenvalue weighted by atomic mass is 32.2. The molecule has 0 saturated heterocycles. The summed E-state index contributed by atoms with van der Waals surface area (Å²) in [4.78, 5) is 10.9. The van der Waals surface area contributed by atoms with Gasteiger partial charge >= 0.3 is 5.97 Å². The van der Waals surface area contributed by atoms with Gasteiger partial charge in [0, 0.05) is 5.75 Å². The molecule has 0 spiro atoms. The van der Waals surface area contributed by atoms with Crippen molar-refractivity contribution < 1.29 is 9.90 Å². The zero-order valence-electron chi connectivity index (χ0n) is 9.28. The molecule has 3 heteroatoms. The van der Waals surface area contributed by atoms with Crippen LogP contribution in [0.15, 0.2) is 24.3 Å². The molecule has 2 nitrogen and oxygen atoms in total. The first-order chi connectivity index (χ1) is 6.92. The molecule has 82 valence electrons. The van der Waals surface area contributed by atoms with Crippen molar-refractivity contribution >= 4 is 17.7 Å². The molecule has 1 N–H and O–H groups in total. The van der Waals surface area contributed by atoms with Gasteiger partial charge in [-0.2, -0.15) is 0 Å². The third kappa shape index (κ3) is 3.59. The van der Waals surface area contributed by atoms with Gasteiger partial charge in [-0.05, 0) is 26.3 Å². The smallest absolute Gasteiger partial charge is 0.319 e. The highest BCUT2D eigenvalue weighted by Crippen LogP contribution is 2.28. The molecule has 0 bridgehead atoms. The molecule has 1 aromatic rings. The largest absolute Gasteiger partial charge is 0.480 e. The Morgan fingerprint density at radius 1 is 1.33 bits per heavy atom. The molecule has 0 unspecified atom stereocenters. The first-order valence-corrected chi connectivity index (χ1v) is 5.83. The zero-order valence-corrected chi connectivity index (χ0v) is 10.1. The van der Waals surface area contributed by atoms with Gasteiger partial charge in [0.2, 0.25) is 0 Å². The van der Waals surface area contributed by atoms with E-state index in [4.69, 9.17) is 5.11 Å². The van der Waals surface area contributed by atoms with Crippen LogP contribution in [0.3, 0.4) is 0 Å². The second kappa shape index (κ2) is 4.71. The van der Waals surface area contributed by atoms with Gasteiger partial charge in [0.1, 0.15) is 4.75 Å². The Balaban J connectivity index is 2.57. The lowest BCUT2D eigenvalue weighted by molar-refractivity contribution is -0.138. The van der Waals surface area contributed by atoms with Gasteiger partial charge in [-0.15, -0.1) is 11.8 Å². The van der Waals surface area contributed by atoms with E-state index in [1.54, 1.807) is 13.8 Å². The average Bonchev–Trinajstić information content (AvgIpc) is 2.17. The molecular weight excluding hydrogens is 208 g/mol. The van der Waals surface area contributed by atoms with Crippen LogP contribution in [-0.2, 0) is 10.5 Å². The van der Waals surface area contributed by atoms with Gasteiger partial charge in [0.15, 0.2) is 0 Å². The van der Waals surface area contributed by atoms with Crippen molar-refractivity contribution in [1.29, 1.82) is 0 Å². The molecule has 0 heterocycles. The second-order valence-corrected chi connectivity index (χ2v) is 5.69. The number of benzene rings is 1. The Labute approximate surface area is 94.7 Å². The quantitative estimate of drug-likeness (QED) is 0.854. The zero-order chi connectivity index (χ0) is 11.5. The first kappa shape index (κ1) is 12.1. The van der Waals surface area contributed by atoms with Gasteiger partial charge in [0.05, 0.1) is 0 Å². The van der Waals surface area contributed by atoms with Crippen LogP contribution in [0.25, 0.3) is 0 Å². The van der Waals surface area contributed by atoms with Crippen molar-refractivity contribution in [3.63, 3.8) is 0 Å². The van der Waals surface area contributed by atoms with Crippen LogP contribution in [-0.4, -0.2) is 15.8 Å². The van der Waals surface area contributed by atoms with Crippen LogP contribution in [0.2, 0.25) is 0 Å². The number of rotatable bonds is 4. The van der Waals surface area contributed by atoms with E-state index in [0.29, 0.717) is 0 Å². The van der Waals surface area contributed by atoms with E-state index in [2.05, 4.69) is 0 Å². The lowest BCUT2D eigenvalue weighted by atomic mass is 10.2. The fourth-order valence-electron chi connectivity index (χ4n) is 1.01. The molecule has 0 aromatic heterocycles. The molecule has 0 saturated carbocycles. The number of aliphatic carboxylic acids is 1. The van der Waals surface area contributed by atoms with Gasteiger partial charge in [-0.25, -0.2) is 0 Å². The molecule has 0 aliphatic carbocycles. The van der Waals surface area contributed by atoms with Crippen molar-refractivity contribution in [3.8, 4) is 0 Å². The van der Waals surface area contributed by atoms with Crippen LogP contribution in [0.1, 0.15) is 25.0 Å². The molecule has 0 aliphatic heterocycles. The van der Waals surface area contributed by atoms with Gasteiger partial charge < -0.3 is 5.11 Å². The van der Waals surface area contributed by atoms with E-state index in [0.717, 1.165) is 5.75 Å². The molecule has 0 fully saturated rings. The van der Waals surface area contributed by atoms with E-state index in [9.17, 15) is 4.79 Å². The SMILES string of the molecule is Cc1ccc(CSC(C)(C)C(=O)O)cc1. The van der Waals surface area contributed by atoms with E-state index < -0.39 is 10.7 Å². The summed E-state index contributed by atoms with van der Waals surface area (Å²) in [6.07, 6.45) is 0. The molecular formula is C12H16O2S. The monoisotopic (exact) mass is 224 g/mol. The molecule has 1 rings (SSSR count). The van der Waals surface area contributed by atoms with Crippen molar-refractivity contribution in [1.82, 2.24) is 0 Å². The summed E-state index contributed by atoms with van der Waals surface area (Å²) < 4.78 is -0.717. The topological polar surface area (TPSA) is 37.3 Å². The number of hydrogen-bond acceptors (Lipinski definition) is 2. The van der Waals surface area contributed by atoms with Crippen LogP contribution >= 0.6 is 11.8 Å². The maximum atomic E-state index is 10.9. The third-order valence-corrected chi connectivity index (χ3v) is 3.61. The summed E-state index contributed by atoms with van der Waals surface area (Å²) in [7, 11) is 0. The van der Waals surface area contributed by atoms with E-state index in [-0.39, 0.29) is 0 Å². The molecule has 1 aromatic carbocycles. The number of thioether (sulfide) groups is 1. The summed E-state index contributed by atoms with van der Waals surface area (Å²) in [6.45, 7) is 5.50. The number of aryl methyl sites for hydroxylation is 1. The van der Waals surface area contributed by atoms with Crippen LogP contribution < -0.4 is 0 Å². The van der Waals surface area contributed by atoms with Crippen molar-refractivity contribution in [2.75, 3.05) is 0 Å². The Morgan fingerprint density at radius 2 is 1.87 bits per heavy atom. The molecule has 0 atom stereocenters. The summed E-state index contributed by atoms with van der Waals surface area (Å²) in [5.41, 5.74) is 2.39. The predicted molar refractivity (Wildman–Crippen MR) is 64.2 cm³/mol. The molecule has 15 heavy (non-hydrogen) atoms. The summed E-state index contributed by atoms with van der Waals surface area (Å²) in [5.74, 6) is -0.0286. The highest BCUT2D eigenvalue weighted by Gasteiger charge is 2.27. The number of carboxylic acids is 1. The van der Waals surface area contributed by atoms with Crippen LogP contribution in [0.4, 0.5) is 0 Å². The standard InChI is InChI=1S/C12H16O2S/c1-9-4-6-10(7-5-9)8-15-12(2,3)11(13)14/h4-7H,8H2,1-3H3,(H,13,14). The minimum atomic E-state index is -0.764. The fourth-order valence-corrected chi connectivity index (χ4v) is 1.85. The van der Waals surface area contributed by atoms with E-state index in [1.165, 1.54) is 22.9 Å². The summed E-state index contributed by atoms with van der Waals surface area (Å²) in [6, 6.07) is 8.17. The minimum Gasteiger partial charge on any atom is -0.480 e. The van der Waals surface area contributed by atoms with Gasteiger partial charge in [-0.3, -0.25) is 4.79 Å². The molecule has 0 radical (unpaired) electrons. The van der Waals surface area contributed by atoms with Gasteiger partial charge in [-0.1, -0.05) is 29.8 Å². The predicted octanol–water partition coefficient (Wildman–Crippen LogP) is 3.09. The molecule has 0 amide bonds. The number of carboxylic acid groups (broad SMARTS) is 1. The highest BCUT2D eigenvalue weighted by molar-refractivity contribution is 8.00. The normalized spacial score (nSPS) is 11.4. The van der Waals surface area contributed by atoms with Crippen molar-refractivity contribution in [2.45, 2.75) is 31.3 Å². The Kier molecular flexibility index (Phi) is 3.80. The lowest BCUT2D eigenvalue weighted by Gasteiger charge is -2.18. The summed E-state index contributed by atoms with van der Waals surface area (Å²) >= 11 is 1.45. The number of hydrogen-bond donors (Lipinski definition) is 1. The van der Waals surface area contributed by atoms with Crippen LogP contribution in [0, 0.1) is 6.92 Å². The Morgan fingerprint density at radius 3 is 2.33 bits per heavy atom. The third-order valence-electron chi connectivity index (χ3n) is 2.24. The van der Waals surface area contributed by atoms with Crippen LogP contribution in [0.5, 0.6) is 0 Å². The second-order valence-electron chi connectivity index (χ2n) is 4.09. The average molecular weight is 224 g/mol. The number of carbonyl (C=O) groups is 1. The first-order valence-electron chi connectivity index (χ1n) is 4.85. The Bertz CT molecular complexity index is 341. The van der Waals surface area contributed by atoms with E-state index >= 15 is 0 Å². The maximum absolute atomic E-state index is 10.9. The van der Waals surface area contributed by atoms with Gasteiger partial charge in [0.25, 0.3) is 0 Å². The summed E-state index contributed by atoms with van der Waals surface area (Å²) in [5, 5.41) is 8.94. The lowest BCUT2D eigenvalue weighted by Crippen LogP contribution is -2.27. The van der Waals surface area contributed by atoms with E-state index in [1.807, 2.05) is 31.2 Å². The molecule has 0 aliphatic rings.